The van der Waals surface area contributed by atoms with Gasteiger partial charge in [-0.15, -0.1) is 10.2 Å². The molecule has 1 N–H and O–H groups in total. The molecule has 0 fully saturated rings. The number of nitrogens with one attached hydrogen (secondary N) is 1. The SMILES string of the molecule is CN(C)CC(C)(C)CNc1nnc(-c2ccccc2Cl)s1. The first-order chi connectivity index (χ1) is 9.87. The van der Waals surface area contributed by atoms with Crippen LogP contribution in [0.1, 0.15) is 13.8 Å². The zero-order chi connectivity index (χ0) is 15.5. The standard InChI is InChI=1S/C15H21ClN4S/c1-15(2,10-20(3)4)9-17-14-19-18-13(21-14)11-7-5-6-8-12(11)16/h5-8H,9-10H2,1-4H3,(H,17,19). The average molecular weight is 325 g/mol. The van der Waals surface area contributed by atoms with Crippen molar-refractivity contribution in [2.45, 2.75) is 13.8 Å². The minimum Gasteiger partial charge on any atom is -0.359 e. The molecule has 0 spiro atoms. The summed E-state index contributed by atoms with van der Waals surface area (Å²) in [6, 6.07) is 7.69. The molecule has 1 aromatic heterocycles. The minimum atomic E-state index is 0.166. The van der Waals surface area contributed by atoms with E-state index in [1.807, 2.05) is 24.3 Å². The molecule has 0 saturated heterocycles. The van der Waals surface area contributed by atoms with Crippen LogP contribution < -0.4 is 5.32 Å². The average Bonchev–Trinajstić information content (AvgIpc) is 2.84. The third kappa shape index (κ3) is 4.66. The Morgan fingerprint density at radius 2 is 1.95 bits per heavy atom. The first kappa shape index (κ1) is 16.2. The summed E-state index contributed by atoms with van der Waals surface area (Å²) in [6.07, 6.45) is 0. The summed E-state index contributed by atoms with van der Waals surface area (Å²) in [4.78, 5) is 2.19. The van der Waals surface area contributed by atoms with Gasteiger partial charge in [-0.1, -0.05) is 55.0 Å². The molecule has 1 aromatic carbocycles. The molecule has 0 aliphatic rings. The van der Waals surface area contributed by atoms with E-state index in [9.17, 15) is 0 Å². The van der Waals surface area contributed by atoms with Crippen molar-refractivity contribution < 1.29 is 0 Å². The van der Waals surface area contributed by atoms with Crippen molar-refractivity contribution in [3.63, 3.8) is 0 Å². The van der Waals surface area contributed by atoms with Crippen molar-refractivity contribution in [2.24, 2.45) is 5.41 Å². The van der Waals surface area contributed by atoms with Crippen molar-refractivity contribution in [1.82, 2.24) is 15.1 Å². The number of hydrogen-bond donors (Lipinski definition) is 1. The number of nitrogens with zero attached hydrogens (tertiary/aromatic N) is 3. The van der Waals surface area contributed by atoms with E-state index in [4.69, 9.17) is 11.6 Å². The summed E-state index contributed by atoms with van der Waals surface area (Å²) in [7, 11) is 4.17. The van der Waals surface area contributed by atoms with Gasteiger partial charge in [0, 0.05) is 18.7 Å². The van der Waals surface area contributed by atoms with Gasteiger partial charge in [-0.3, -0.25) is 0 Å². The van der Waals surface area contributed by atoms with Crippen LogP contribution in [0.2, 0.25) is 5.02 Å². The number of rotatable bonds is 6. The molecule has 2 aromatic rings. The number of aromatic nitrogens is 2. The predicted octanol–water partition coefficient (Wildman–Crippen LogP) is 3.86. The molecular formula is C15H21ClN4S. The summed E-state index contributed by atoms with van der Waals surface area (Å²) < 4.78 is 0. The van der Waals surface area contributed by atoms with Gasteiger partial charge in [-0.05, 0) is 25.6 Å². The third-order valence-electron chi connectivity index (χ3n) is 2.99. The third-order valence-corrected chi connectivity index (χ3v) is 4.24. The van der Waals surface area contributed by atoms with Crippen LogP contribution >= 0.6 is 22.9 Å². The Bertz CT molecular complexity index is 595. The summed E-state index contributed by atoms with van der Waals surface area (Å²) in [6.45, 7) is 6.32. The number of anilines is 1. The van der Waals surface area contributed by atoms with Gasteiger partial charge in [-0.2, -0.15) is 0 Å². The second kappa shape index (κ2) is 6.73. The van der Waals surface area contributed by atoms with Gasteiger partial charge in [0.1, 0.15) is 0 Å². The van der Waals surface area contributed by atoms with Crippen molar-refractivity contribution >= 4 is 28.1 Å². The molecule has 0 atom stereocenters. The van der Waals surface area contributed by atoms with Crippen molar-refractivity contribution in [1.29, 1.82) is 0 Å². The molecule has 2 rings (SSSR count). The smallest absolute Gasteiger partial charge is 0.206 e. The summed E-state index contributed by atoms with van der Waals surface area (Å²) in [5.41, 5.74) is 1.09. The van der Waals surface area contributed by atoms with Crippen molar-refractivity contribution in [3.8, 4) is 10.6 Å². The van der Waals surface area contributed by atoms with Crippen LogP contribution in [0.5, 0.6) is 0 Å². The lowest BCUT2D eigenvalue weighted by atomic mass is 9.93. The molecule has 6 heteroatoms. The number of halogens is 1. The molecule has 0 aliphatic heterocycles. The second-order valence-corrected chi connectivity index (χ2v) is 7.53. The predicted molar refractivity (Wildman–Crippen MR) is 91.2 cm³/mol. The number of hydrogen-bond acceptors (Lipinski definition) is 5. The van der Waals surface area contributed by atoms with Gasteiger partial charge in [0.15, 0.2) is 5.01 Å². The Hall–Kier alpha value is -1.17. The quantitative estimate of drug-likeness (QED) is 0.876. The van der Waals surface area contributed by atoms with Gasteiger partial charge in [0.2, 0.25) is 5.13 Å². The van der Waals surface area contributed by atoms with Crippen LogP contribution in [0.25, 0.3) is 10.6 Å². The highest BCUT2D eigenvalue weighted by molar-refractivity contribution is 7.18. The molecular weight excluding hydrogens is 304 g/mol. The fourth-order valence-corrected chi connectivity index (χ4v) is 3.33. The van der Waals surface area contributed by atoms with E-state index in [0.717, 1.165) is 28.8 Å². The molecule has 4 nitrogen and oxygen atoms in total. The summed E-state index contributed by atoms with van der Waals surface area (Å²) in [5.74, 6) is 0. The Balaban J connectivity index is 2.03. The van der Waals surface area contributed by atoms with E-state index < -0.39 is 0 Å². The van der Waals surface area contributed by atoms with Crippen LogP contribution in [-0.2, 0) is 0 Å². The highest BCUT2D eigenvalue weighted by atomic mass is 35.5. The minimum absolute atomic E-state index is 0.166. The van der Waals surface area contributed by atoms with E-state index in [1.54, 1.807) is 0 Å². The van der Waals surface area contributed by atoms with Gasteiger partial charge in [-0.25, -0.2) is 0 Å². The van der Waals surface area contributed by atoms with E-state index in [1.165, 1.54) is 11.3 Å². The van der Waals surface area contributed by atoms with E-state index in [0.29, 0.717) is 5.02 Å². The largest absolute Gasteiger partial charge is 0.359 e. The second-order valence-electron chi connectivity index (χ2n) is 6.15. The number of benzene rings is 1. The topological polar surface area (TPSA) is 41.0 Å². The van der Waals surface area contributed by atoms with Gasteiger partial charge in [0.25, 0.3) is 0 Å². The van der Waals surface area contributed by atoms with Gasteiger partial charge in [0.05, 0.1) is 5.02 Å². The zero-order valence-corrected chi connectivity index (χ0v) is 14.4. The first-order valence-corrected chi connectivity index (χ1v) is 8.04. The van der Waals surface area contributed by atoms with Crippen LogP contribution in [0.4, 0.5) is 5.13 Å². The highest BCUT2D eigenvalue weighted by Crippen LogP contribution is 2.32. The fraction of sp³-hybridized carbons (Fsp3) is 0.467. The molecule has 0 saturated carbocycles. The van der Waals surface area contributed by atoms with E-state index >= 15 is 0 Å². The first-order valence-electron chi connectivity index (χ1n) is 6.84. The van der Waals surface area contributed by atoms with E-state index in [2.05, 4.69) is 48.4 Å². The molecule has 0 aliphatic carbocycles. The van der Waals surface area contributed by atoms with E-state index in [-0.39, 0.29) is 5.41 Å². The Kier molecular flexibility index (Phi) is 5.19. The Labute approximate surface area is 135 Å². The zero-order valence-electron chi connectivity index (χ0n) is 12.9. The lowest BCUT2D eigenvalue weighted by Gasteiger charge is -2.28. The molecule has 114 valence electrons. The van der Waals surface area contributed by atoms with Gasteiger partial charge >= 0.3 is 0 Å². The molecule has 0 bridgehead atoms. The molecule has 0 unspecified atom stereocenters. The summed E-state index contributed by atoms with van der Waals surface area (Å²) >= 11 is 7.72. The molecule has 1 heterocycles. The fourth-order valence-electron chi connectivity index (χ4n) is 2.27. The monoisotopic (exact) mass is 324 g/mol. The van der Waals surface area contributed by atoms with Gasteiger partial charge < -0.3 is 10.2 Å². The molecule has 0 radical (unpaired) electrons. The molecule has 0 amide bonds. The van der Waals surface area contributed by atoms with Crippen molar-refractivity contribution in [3.05, 3.63) is 29.3 Å². The maximum absolute atomic E-state index is 6.19. The lowest BCUT2D eigenvalue weighted by Crippen LogP contribution is -2.34. The Morgan fingerprint density at radius 3 is 2.62 bits per heavy atom. The van der Waals surface area contributed by atoms with Crippen LogP contribution in [0, 0.1) is 5.41 Å². The maximum Gasteiger partial charge on any atom is 0.206 e. The normalized spacial score (nSPS) is 11.9. The molecule has 21 heavy (non-hydrogen) atoms. The Morgan fingerprint density at radius 1 is 1.24 bits per heavy atom. The highest BCUT2D eigenvalue weighted by Gasteiger charge is 2.19. The van der Waals surface area contributed by atoms with Crippen LogP contribution in [0.15, 0.2) is 24.3 Å². The van der Waals surface area contributed by atoms with Crippen LogP contribution in [-0.4, -0.2) is 42.3 Å². The van der Waals surface area contributed by atoms with Crippen LogP contribution in [0.3, 0.4) is 0 Å². The maximum atomic E-state index is 6.19. The van der Waals surface area contributed by atoms with Crippen molar-refractivity contribution in [2.75, 3.05) is 32.5 Å². The lowest BCUT2D eigenvalue weighted by molar-refractivity contribution is 0.254. The summed E-state index contributed by atoms with van der Waals surface area (Å²) in [5, 5.41) is 14.2.